The summed E-state index contributed by atoms with van der Waals surface area (Å²) in [4.78, 5) is 24.2. The number of carboxylic acid groups (broad SMARTS) is 1. The molecule has 2 rings (SSSR count). The number of hydrogen-bond acceptors (Lipinski definition) is 4. The van der Waals surface area contributed by atoms with Crippen LogP contribution in [0.1, 0.15) is 23.6 Å². The van der Waals surface area contributed by atoms with Crippen LogP contribution in [0.2, 0.25) is 0 Å². The van der Waals surface area contributed by atoms with Crippen LogP contribution in [0.25, 0.3) is 0 Å². The van der Waals surface area contributed by atoms with E-state index in [4.69, 9.17) is 5.73 Å². The maximum Gasteiger partial charge on any atom is 0.416 e. The Morgan fingerprint density at radius 3 is 2.21 bits per heavy atom. The second kappa shape index (κ2) is 8.62. The molecule has 0 aliphatic rings. The standard InChI is InChI=1S/C20H21F3N2O4/c1-19(18(28)29,13-8-5-9-14(11-13)20(21,22)23)25-17(27)16(26)15(24)10-12-6-3-2-4-7-12/h2-9,11,15-16,26H,10,24H2,1H3,(H,25,27)(H,28,29)/t15-,16+,19+/m1/s1. The highest BCUT2D eigenvalue weighted by atomic mass is 19.4. The quantitative estimate of drug-likeness (QED) is 0.558. The molecular formula is C20H21F3N2O4. The van der Waals surface area contributed by atoms with Crippen molar-refractivity contribution in [3.05, 3.63) is 71.3 Å². The average Bonchev–Trinajstić information content (AvgIpc) is 2.67. The molecular weight excluding hydrogens is 389 g/mol. The van der Waals surface area contributed by atoms with Gasteiger partial charge in [-0.1, -0.05) is 42.5 Å². The van der Waals surface area contributed by atoms with E-state index in [9.17, 15) is 33.0 Å². The van der Waals surface area contributed by atoms with Crippen LogP contribution in [0.5, 0.6) is 0 Å². The molecule has 9 heteroatoms. The summed E-state index contributed by atoms with van der Waals surface area (Å²) in [5, 5.41) is 21.9. The van der Waals surface area contributed by atoms with Gasteiger partial charge in [-0.25, -0.2) is 4.79 Å². The minimum absolute atomic E-state index is 0.142. The lowest BCUT2D eigenvalue weighted by molar-refractivity contribution is -0.149. The monoisotopic (exact) mass is 410 g/mol. The molecule has 6 nitrogen and oxygen atoms in total. The van der Waals surface area contributed by atoms with Crippen LogP contribution in [-0.4, -0.2) is 34.2 Å². The fourth-order valence-corrected chi connectivity index (χ4v) is 2.77. The zero-order valence-corrected chi connectivity index (χ0v) is 15.5. The number of alkyl halides is 3. The molecule has 0 aliphatic carbocycles. The number of carbonyl (C=O) groups excluding carboxylic acids is 1. The molecule has 0 spiro atoms. The molecule has 0 radical (unpaired) electrons. The second-order valence-electron chi connectivity index (χ2n) is 6.80. The number of nitrogens with two attached hydrogens (primary N) is 1. The molecule has 2 aromatic carbocycles. The van der Waals surface area contributed by atoms with Crippen LogP contribution in [-0.2, 0) is 27.7 Å². The zero-order chi connectivity index (χ0) is 21.8. The zero-order valence-electron chi connectivity index (χ0n) is 15.5. The van der Waals surface area contributed by atoms with E-state index in [2.05, 4.69) is 5.32 Å². The normalized spacial score (nSPS) is 15.8. The number of aliphatic hydroxyl groups is 1. The van der Waals surface area contributed by atoms with Crippen molar-refractivity contribution in [3.63, 3.8) is 0 Å². The van der Waals surface area contributed by atoms with Gasteiger partial charge in [0.25, 0.3) is 5.91 Å². The third-order valence-corrected chi connectivity index (χ3v) is 4.56. The SMILES string of the molecule is C[C@@](NC(=O)[C@@H](O)[C@H](N)Cc1ccccc1)(C(=O)O)c1cccc(C(F)(F)F)c1. The van der Waals surface area contributed by atoms with Crippen molar-refractivity contribution < 1.29 is 33.0 Å². The number of aliphatic hydroxyl groups excluding tert-OH is 1. The van der Waals surface area contributed by atoms with Gasteiger partial charge in [0.2, 0.25) is 0 Å². The summed E-state index contributed by atoms with van der Waals surface area (Å²) in [5.41, 5.74) is 3.06. The van der Waals surface area contributed by atoms with Crippen LogP contribution in [0.3, 0.4) is 0 Å². The number of carboxylic acids is 1. The van der Waals surface area contributed by atoms with Gasteiger partial charge in [0, 0.05) is 6.04 Å². The first kappa shape index (κ1) is 22.4. The molecule has 0 fully saturated rings. The molecule has 3 atom stereocenters. The van der Waals surface area contributed by atoms with E-state index < -0.39 is 41.3 Å². The molecule has 156 valence electrons. The van der Waals surface area contributed by atoms with Crippen LogP contribution >= 0.6 is 0 Å². The molecule has 0 aliphatic heterocycles. The molecule has 0 heterocycles. The number of halogens is 3. The van der Waals surface area contributed by atoms with Crippen molar-refractivity contribution in [2.45, 2.75) is 37.2 Å². The Morgan fingerprint density at radius 2 is 1.66 bits per heavy atom. The molecule has 2 aromatic rings. The Morgan fingerprint density at radius 1 is 1.07 bits per heavy atom. The summed E-state index contributed by atoms with van der Waals surface area (Å²) in [7, 11) is 0. The highest BCUT2D eigenvalue weighted by Crippen LogP contribution is 2.32. The molecule has 29 heavy (non-hydrogen) atoms. The largest absolute Gasteiger partial charge is 0.479 e. The lowest BCUT2D eigenvalue weighted by atomic mass is 9.90. The van der Waals surface area contributed by atoms with Crippen LogP contribution in [0.15, 0.2) is 54.6 Å². The Hall–Kier alpha value is -2.91. The topological polar surface area (TPSA) is 113 Å². The first-order valence-corrected chi connectivity index (χ1v) is 8.66. The summed E-state index contributed by atoms with van der Waals surface area (Å²) < 4.78 is 38.9. The smallest absolute Gasteiger partial charge is 0.416 e. The van der Waals surface area contributed by atoms with Gasteiger partial charge in [-0.3, -0.25) is 4.79 Å². The average molecular weight is 410 g/mol. The van der Waals surface area contributed by atoms with Gasteiger partial charge in [0.05, 0.1) is 5.56 Å². The van der Waals surface area contributed by atoms with Crippen LogP contribution in [0, 0.1) is 0 Å². The third-order valence-electron chi connectivity index (χ3n) is 4.56. The predicted molar refractivity (Wildman–Crippen MR) is 98.7 cm³/mol. The van der Waals surface area contributed by atoms with Gasteiger partial charge in [-0.15, -0.1) is 0 Å². The van der Waals surface area contributed by atoms with Gasteiger partial charge in [0.15, 0.2) is 5.54 Å². The maximum atomic E-state index is 13.0. The number of amides is 1. The second-order valence-corrected chi connectivity index (χ2v) is 6.80. The number of nitrogens with one attached hydrogen (secondary N) is 1. The molecule has 0 unspecified atom stereocenters. The van der Waals surface area contributed by atoms with E-state index in [1.807, 2.05) is 0 Å². The summed E-state index contributed by atoms with van der Waals surface area (Å²) in [5.74, 6) is -2.69. The van der Waals surface area contributed by atoms with Crippen molar-refractivity contribution in [3.8, 4) is 0 Å². The lowest BCUT2D eigenvalue weighted by Gasteiger charge is -2.29. The number of hydrogen-bond donors (Lipinski definition) is 4. The number of benzene rings is 2. The van der Waals surface area contributed by atoms with Crippen molar-refractivity contribution in [1.29, 1.82) is 0 Å². The summed E-state index contributed by atoms with van der Waals surface area (Å²) in [6.07, 6.45) is -6.31. The molecule has 0 bridgehead atoms. The van der Waals surface area contributed by atoms with Gasteiger partial charge >= 0.3 is 12.1 Å². The van der Waals surface area contributed by atoms with E-state index in [1.165, 1.54) is 0 Å². The van der Waals surface area contributed by atoms with Gasteiger partial charge < -0.3 is 21.3 Å². The summed E-state index contributed by atoms with van der Waals surface area (Å²) >= 11 is 0. The molecule has 0 saturated heterocycles. The van der Waals surface area contributed by atoms with Crippen LogP contribution in [0.4, 0.5) is 13.2 Å². The predicted octanol–water partition coefficient (Wildman–Crippen LogP) is 2.05. The Balaban J connectivity index is 2.23. The fraction of sp³-hybridized carbons (Fsp3) is 0.300. The number of carbonyl (C=O) groups is 2. The first-order chi connectivity index (χ1) is 13.4. The van der Waals surface area contributed by atoms with E-state index in [-0.39, 0.29) is 12.0 Å². The minimum atomic E-state index is -4.68. The minimum Gasteiger partial charge on any atom is -0.479 e. The summed E-state index contributed by atoms with van der Waals surface area (Å²) in [6.45, 7) is 1.04. The molecule has 5 N–H and O–H groups in total. The first-order valence-electron chi connectivity index (χ1n) is 8.66. The molecule has 0 saturated carbocycles. The van der Waals surface area contributed by atoms with Crippen molar-refractivity contribution in [2.24, 2.45) is 5.73 Å². The molecule has 0 aromatic heterocycles. The fourth-order valence-electron chi connectivity index (χ4n) is 2.77. The lowest BCUT2D eigenvalue weighted by Crippen LogP contribution is -2.56. The van der Waals surface area contributed by atoms with Crippen molar-refractivity contribution in [1.82, 2.24) is 5.32 Å². The molecule has 1 amide bonds. The number of aliphatic carboxylic acids is 1. The van der Waals surface area contributed by atoms with E-state index in [1.54, 1.807) is 30.3 Å². The third kappa shape index (κ3) is 5.33. The van der Waals surface area contributed by atoms with Gasteiger partial charge in [0.1, 0.15) is 6.10 Å². The maximum absolute atomic E-state index is 13.0. The highest BCUT2D eigenvalue weighted by Gasteiger charge is 2.41. The van der Waals surface area contributed by atoms with Gasteiger partial charge in [-0.2, -0.15) is 13.2 Å². The van der Waals surface area contributed by atoms with E-state index >= 15 is 0 Å². The highest BCUT2D eigenvalue weighted by molar-refractivity contribution is 5.90. The van der Waals surface area contributed by atoms with Crippen molar-refractivity contribution >= 4 is 11.9 Å². The van der Waals surface area contributed by atoms with Crippen molar-refractivity contribution in [2.75, 3.05) is 0 Å². The van der Waals surface area contributed by atoms with E-state index in [0.717, 1.165) is 30.7 Å². The summed E-state index contributed by atoms with van der Waals surface area (Å²) in [6, 6.07) is 11.4. The Kier molecular flexibility index (Phi) is 6.66. The number of rotatable bonds is 7. The van der Waals surface area contributed by atoms with Crippen LogP contribution < -0.4 is 11.1 Å². The Bertz CT molecular complexity index is 874. The van der Waals surface area contributed by atoms with E-state index in [0.29, 0.717) is 6.07 Å². The Labute approximate surface area is 165 Å². The van der Waals surface area contributed by atoms with Gasteiger partial charge in [-0.05, 0) is 36.6 Å².